The van der Waals surface area contributed by atoms with Crippen molar-refractivity contribution in [1.82, 2.24) is 4.98 Å². The van der Waals surface area contributed by atoms with Crippen molar-refractivity contribution in [3.05, 3.63) is 223 Å². The van der Waals surface area contributed by atoms with Crippen molar-refractivity contribution in [3.63, 3.8) is 0 Å². The second-order valence-electron chi connectivity index (χ2n) is 16.7. The average Bonchev–Trinajstić information content (AvgIpc) is 3.87. The molecule has 1 aromatic heterocycles. The summed E-state index contributed by atoms with van der Waals surface area (Å²) in [5.41, 5.74) is 20.9. The van der Waals surface area contributed by atoms with Crippen LogP contribution in [-0.2, 0) is 5.41 Å². The van der Waals surface area contributed by atoms with E-state index in [1.807, 2.05) is 0 Å². The van der Waals surface area contributed by atoms with E-state index in [9.17, 15) is 0 Å². The zero-order valence-electron chi connectivity index (χ0n) is 33.5. The van der Waals surface area contributed by atoms with Gasteiger partial charge in [-0.2, -0.15) is 0 Å². The van der Waals surface area contributed by atoms with E-state index in [2.05, 4.69) is 213 Å². The minimum Gasteiger partial charge on any atom is -0.236 e. The molecule has 284 valence electrons. The summed E-state index contributed by atoms with van der Waals surface area (Å²) in [6, 6.07) is 77.1. The summed E-state index contributed by atoms with van der Waals surface area (Å²) in [6.45, 7) is 2.44. The molecule has 0 radical (unpaired) electrons. The molecular formula is C59H37NS. The molecule has 1 nitrogen and oxygen atoms in total. The van der Waals surface area contributed by atoms with E-state index in [0.29, 0.717) is 0 Å². The topological polar surface area (TPSA) is 12.9 Å². The van der Waals surface area contributed by atoms with Gasteiger partial charge in [-0.25, -0.2) is 4.98 Å². The van der Waals surface area contributed by atoms with Gasteiger partial charge < -0.3 is 0 Å². The van der Waals surface area contributed by atoms with Crippen molar-refractivity contribution in [2.24, 2.45) is 0 Å². The van der Waals surface area contributed by atoms with Crippen LogP contribution in [0.3, 0.4) is 0 Å². The minimum absolute atomic E-state index is 0.330. The molecule has 0 fully saturated rings. The summed E-state index contributed by atoms with van der Waals surface area (Å²) < 4.78 is 1.21. The summed E-state index contributed by atoms with van der Waals surface area (Å²) in [4.78, 5) is 4.96. The van der Waals surface area contributed by atoms with Crippen LogP contribution >= 0.6 is 11.3 Å². The van der Waals surface area contributed by atoms with Crippen molar-refractivity contribution in [2.45, 2.75) is 12.3 Å². The third kappa shape index (κ3) is 5.03. The summed E-state index contributed by atoms with van der Waals surface area (Å²) >= 11 is 1.75. The fraction of sp³-hybridized carbons (Fsp3) is 0.0339. The largest absolute Gasteiger partial charge is 0.236 e. The minimum atomic E-state index is -0.330. The number of para-hydroxylation sites is 1. The van der Waals surface area contributed by atoms with Gasteiger partial charge in [-0.15, -0.1) is 11.3 Å². The van der Waals surface area contributed by atoms with Gasteiger partial charge in [0.25, 0.3) is 0 Å². The van der Waals surface area contributed by atoms with Gasteiger partial charge >= 0.3 is 0 Å². The van der Waals surface area contributed by atoms with Crippen molar-refractivity contribution >= 4 is 43.1 Å². The zero-order chi connectivity index (χ0) is 40.2. The van der Waals surface area contributed by atoms with Gasteiger partial charge in [0.15, 0.2) is 0 Å². The van der Waals surface area contributed by atoms with Crippen LogP contribution in [0.4, 0.5) is 0 Å². The van der Waals surface area contributed by atoms with Crippen molar-refractivity contribution in [2.75, 3.05) is 0 Å². The lowest BCUT2D eigenvalue weighted by atomic mass is 9.71. The lowest BCUT2D eigenvalue weighted by Gasteiger charge is -2.31. The van der Waals surface area contributed by atoms with E-state index in [4.69, 9.17) is 4.98 Å². The highest BCUT2D eigenvalue weighted by molar-refractivity contribution is 7.21. The predicted molar refractivity (Wildman–Crippen MR) is 258 cm³/mol. The Kier molecular flexibility index (Phi) is 7.38. The van der Waals surface area contributed by atoms with Gasteiger partial charge in [0.05, 0.1) is 10.2 Å². The van der Waals surface area contributed by atoms with E-state index >= 15 is 0 Å². The van der Waals surface area contributed by atoms with Crippen LogP contribution in [0.5, 0.6) is 0 Å². The Hall–Kier alpha value is -7.39. The fourth-order valence-corrected chi connectivity index (χ4v) is 11.6. The quantitative estimate of drug-likeness (QED) is 0.162. The van der Waals surface area contributed by atoms with E-state index in [0.717, 1.165) is 16.1 Å². The molecule has 61 heavy (non-hydrogen) atoms. The number of benzene rings is 10. The molecule has 2 heteroatoms. The zero-order valence-corrected chi connectivity index (χ0v) is 34.3. The lowest BCUT2D eigenvalue weighted by Crippen LogP contribution is -2.22. The number of rotatable bonds is 4. The van der Waals surface area contributed by atoms with Gasteiger partial charge in [0.1, 0.15) is 5.01 Å². The van der Waals surface area contributed by atoms with Gasteiger partial charge in [-0.3, -0.25) is 0 Å². The van der Waals surface area contributed by atoms with Gasteiger partial charge in [0.2, 0.25) is 0 Å². The Morgan fingerprint density at radius 3 is 1.74 bits per heavy atom. The molecule has 0 N–H and O–H groups in total. The third-order valence-corrected chi connectivity index (χ3v) is 14.6. The highest BCUT2D eigenvalue weighted by atomic mass is 32.1. The molecule has 0 saturated heterocycles. The normalized spacial score (nSPS) is 14.7. The highest BCUT2D eigenvalue weighted by Crippen LogP contribution is 2.57. The smallest absolute Gasteiger partial charge is 0.124 e. The van der Waals surface area contributed by atoms with Crippen LogP contribution in [0.25, 0.3) is 109 Å². The molecule has 0 amide bonds. The average molecular weight is 792 g/mol. The van der Waals surface area contributed by atoms with Crippen molar-refractivity contribution in [1.29, 1.82) is 0 Å². The molecule has 11 aromatic rings. The Morgan fingerprint density at radius 2 is 0.951 bits per heavy atom. The van der Waals surface area contributed by atoms with E-state index in [-0.39, 0.29) is 5.41 Å². The van der Waals surface area contributed by atoms with Crippen molar-refractivity contribution in [3.8, 4) is 77.3 Å². The highest BCUT2D eigenvalue weighted by Gasteiger charge is 2.42. The van der Waals surface area contributed by atoms with Gasteiger partial charge in [-0.05, 0) is 148 Å². The summed E-state index contributed by atoms with van der Waals surface area (Å²) in [5, 5.41) is 6.10. The SMILES string of the molecule is CC12c3cccc(c3)-c3ccccc3-c3c4cc(-c5ccc(-c6nc7ccccc7s6)cc5)ccc4c(-c4ccccc4-c4ccccc4)c4cc(c1cc34)-c1ccccc12. The molecule has 2 aliphatic carbocycles. The summed E-state index contributed by atoms with van der Waals surface area (Å²) in [6.07, 6.45) is 0. The molecule has 0 aliphatic heterocycles. The fourth-order valence-electron chi connectivity index (χ4n) is 10.6. The molecule has 0 spiro atoms. The number of aromatic nitrogens is 1. The van der Waals surface area contributed by atoms with Crippen LogP contribution in [0, 0.1) is 0 Å². The first-order valence-corrected chi connectivity index (χ1v) is 21.9. The van der Waals surface area contributed by atoms with Crippen LogP contribution in [0.15, 0.2) is 206 Å². The molecule has 10 aromatic carbocycles. The first-order chi connectivity index (χ1) is 30.1. The Morgan fingerprint density at radius 1 is 0.361 bits per heavy atom. The molecule has 1 unspecified atom stereocenters. The predicted octanol–water partition coefficient (Wildman–Crippen LogP) is 16.3. The lowest BCUT2D eigenvalue weighted by molar-refractivity contribution is 0.715. The van der Waals surface area contributed by atoms with Crippen LogP contribution in [-0.4, -0.2) is 4.98 Å². The first kappa shape index (κ1) is 34.5. The van der Waals surface area contributed by atoms with Crippen molar-refractivity contribution < 1.29 is 0 Å². The maximum atomic E-state index is 4.96. The summed E-state index contributed by atoms with van der Waals surface area (Å²) in [5.74, 6) is 0. The van der Waals surface area contributed by atoms with Gasteiger partial charge in [0, 0.05) is 11.0 Å². The molecule has 1 atom stereocenters. The molecule has 2 aliphatic rings. The number of fused-ring (bicyclic) bond motifs is 12. The molecule has 13 rings (SSSR count). The molecule has 0 saturated carbocycles. The summed E-state index contributed by atoms with van der Waals surface area (Å²) in [7, 11) is 0. The number of hydrogen-bond acceptors (Lipinski definition) is 2. The van der Waals surface area contributed by atoms with E-state index < -0.39 is 0 Å². The van der Waals surface area contributed by atoms with E-state index in [1.54, 1.807) is 11.3 Å². The number of hydrogen-bond donors (Lipinski definition) is 0. The third-order valence-electron chi connectivity index (χ3n) is 13.5. The van der Waals surface area contributed by atoms with Crippen LogP contribution in [0.1, 0.15) is 23.6 Å². The Balaban J connectivity index is 1.15. The molecule has 4 bridgehead atoms. The second kappa shape index (κ2) is 13.1. The maximum Gasteiger partial charge on any atom is 0.124 e. The number of thiazole rings is 1. The standard InChI is InChI=1S/C59H37NS/c1-59-41-17-13-16-40(32-41)43-19-6-8-22-46(43)57-49-33-39(36-26-28-38(29-27-36)58-60-54-24-11-12-25-55(54)61-58)30-31-47(49)56(45-21-7-5-18-42(45)37-14-3-2-4-15-37)50-34-48(53(59)35-51(50)57)44-20-9-10-23-52(44)59/h2-35H,1H3. The van der Waals surface area contributed by atoms with E-state index in [1.165, 1.54) is 110 Å². The molecular weight excluding hydrogens is 755 g/mol. The maximum absolute atomic E-state index is 4.96. The Bertz CT molecular complexity index is 3560. The van der Waals surface area contributed by atoms with Gasteiger partial charge in [-0.1, -0.05) is 170 Å². The number of nitrogens with zero attached hydrogens (tertiary/aromatic N) is 1. The van der Waals surface area contributed by atoms with Crippen LogP contribution < -0.4 is 0 Å². The second-order valence-corrected chi connectivity index (χ2v) is 17.8. The molecule has 1 heterocycles. The monoisotopic (exact) mass is 791 g/mol. The van der Waals surface area contributed by atoms with Crippen LogP contribution in [0.2, 0.25) is 0 Å². The first-order valence-electron chi connectivity index (χ1n) is 21.1. The Labute approximate surface area is 358 Å².